The van der Waals surface area contributed by atoms with Gasteiger partial charge in [0, 0.05) is 33.9 Å². The highest BCUT2D eigenvalue weighted by Gasteiger charge is 2.09. The molecule has 0 saturated carbocycles. The monoisotopic (exact) mass is 362 g/mol. The van der Waals surface area contributed by atoms with Crippen LogP contribution in [0, 0.1) is 0 Å². The molecular weight excluding hydrogens is 328 g/mol. The van der Waals surface area contributed by atoms with Crippen molar-refractivity contribution in [1.82, 2.24) is 15.5 Å². The molecule has 6 heteroatoms. The lowest BCUT2D eigenvalue weighted by atomic mass is 10.1. The van der Waals surface area contributed by atoms with Crippen molar-refractivity contribution in [2.24, 2.45) is 4.99 Å². The van der Waals surface area contributed by atoms with Crippen molar-refractivity contribution in [2.45, 2.75) is 39.7 Å². The first kappa shape index (κ1) is 22.0. The zero-order valence-corrected chi connectivity index (χ0v) is 16.8. The van der Waals surface area contributed by atoms with Crippen molar-refractivity contribution < 1.29 is 9.53 Å². The first-order valence-electron chi connectivity index (χ1n) is 9.39. The summed E-state index contributed by atoms with van der Waals surface area (Å²) in [6, 6.07) is 8.65. The quantitative estimate of drug-likeness (QED) is 0.381. The first-order chi connectivity index (χ1) is 12.5. The third-order valence-electron chi connectivity index (χ3n) is 4.07. The second-order valence-corrected chi connectivity index (χ2v) is 6.39. The van der Waals surface area contributed by atoms with Crippen LogP contribution in [0.5, 0.6) is 0 Å². The molecule has 0 aliphatic rings. The second kappa shape index (κ2) is 12.3. The summed E-state index contributed by atoms with van der Waals surface area (Å²) in [6.45, 7) is 8.52. The minimum Gasteiger partial charge on any atom is -0.382 e. The maximum absolute atomic E-state index is 11.8. The third-order valence-corrected chi connectivity index (χ3v) is 4.07. The number of nitrogens with zero attached hydrogens (tertiary/aromatic N) is 2. The minimum absolute atomic E-state index is 0.0274. The number of benzene rings is 1. The highest BCUT2D eigenvalue weighted by atomic mass is 16.5. The van der Waals surface area contributed by atoms with Crippen LogP contribution in [0.4, 0.5) is 0 Å². The Morgan fingerprint density at radius 2 is 1.92 bits per heavy atom. The van der Waals surface area contributed by atoms with Gasteiger partial charge in [-0.3, -0.25) is 4.79 Å². The fourth-order valence-corrected chi connectivity index (χ4v) is 2.30. The molecule has 1 unspecified atom stereocenters. The van der Waals surface area contributed by atoms with E-state index >= 15 is 0 Å². The standard InChI is InChI=1S/C20H34N4O2/c1-6-17-9-11-18(12-10-17)16(3)23-20(21-13-8-14-26-7-2)22-15-19(25)24(4)5/h9-12,16H,6-8,13-15H2,1-5H3,(H2,21,22,23). The predicted molar refractivity (Wildman–Crippen MR) is 107 cm³/mol. The minimum atomic E-state index is -0.0274. The molecule has 1 amide bonds. The van der Waals surface area contributed by atoms with Crippen molar-refractivity contribution >= 4 is 11.9 Å². The number of carbonyl (C=O) groups excluding carboxylic acids is 1. The summed E-state index contributed by atoms with van der Waals surface area (Å²) >= 11 is 0. The molecule has 0 radical (unpaired) electrons. The Morgan fingerprint density at radius 1 is 1.23 bits per heavy atom. The maximum Gasteiger partial charge on any atom is 0.243 e. The summed E-state index contributed by atoms with van der Waals surface area (Å²) in [6.07, 6.45) is 1.92. The predicted octanol–water partition coefficient (Wildman–Crippen LogP) is 2.36. The Hall–Kier alpha value is -2.08. The molecular formula is C20H34N4O2. The van der Waals surface area contributed by atoms with Crippen LogP contribution in [0.3, 0.4) is 0 Å². The van der Waals surface area contributed by atoms with Crippen LogP contribution in [-0.2, 0) is 16.0 Å². The Bertz CT molecular complexity index is 555. The van der Waals surface area contributed by atoms with Crippen LogP contribution >= 0.6 is 0 Å². The van der Waals surface area contributed by atoms with E-state index in [9.17, 15) is 4.79 Å². The molecule has 1 aromatic carbocycles. The molecule has 1 aromatic rings. The number of nitrogens with one attached hydrogen (secondary N) is 2. The SMILES string of the molecule is CCOCCCNC(=NCC(=O)N(C)C)NC(C)c1ccc(CC)cc1. The average molecular weight is 363 g/mol. The van der Waals surface area contributed by atoms with E-state index < -0.39 is 0 Å². The fraction of sp³-hybridized carbons (Fsp3) is 0.600. The number of hydrogen-bond donors (Lipinski definition) is 2. The normalized spacial score (nSPS) is 12.6. The number of rotatable bonds is 10. The zero-order chi connectivity index (χ0) is 19.4. The molecule has 146 valence electrons. The molecule has 6 nitrogen and oxygen atoms in total. The maximum atomic E-state index is 11.8. The number of amides is 1. The highest BCUT2D eigenvalue weighted by molar-refractivity contribution is 5.85. The van der Waals surface area contributed by atoms with Gasteiger partial charge >= 0.3 is 0 Å². The van der Waals surface area contributed by atoms with Crippen molar-refractivity contribution in [2.75, 3.05) is 40.4 Å². The molecule has 2 N–H and O–H groups in total. The molecule has 0 heterocycles. The summed E-state index contributed by atoms with van der Waals surface area (Å²) in [5.41, 5.74) is 2.51. The lowest BCUT2D eigenvalue weighted by Crippen LogP contribution is -2.40. The van der Waals surface area contributed by atoms with Crippen molar-refractivity contribution in [3.8, 4) is 0 Å². The molecule has 26 heavy (non-hydrogen) atoms. The summed E-state index contributed by atoms with van der Waals surface area (Å²) in [4.78, 5) is 17.8. The number of likely N-dealkylation sites (N-methyl/N-ethyl adjacent to an activating group) is 1. The van der Waals surface area contributed by atoms with Gasteiger partial charge in [0.1, 0.15) is 6.54 Å². The molecule has 0 aliphatic heterocycles. The molecule has 1 rings (SSSR count). The zero-order valence-electron chi connectivity index (χ0n) is 16.8. The van der Waals surface area contributed by atoms with Crippen molar-refractivity contribution in [1.29, 1.82) is 0 Å². The first-order valence-corrected chi connectivity index (χ1v) is 9.39. The second-order valence-electron chi connectivity index (χ2n) is 6.39. The summed E-state index contributed by atoms with van der Waals surface area (Å²) < 4.78 is 5.36. The number of carbonyl (C=O) groups is 1. The van der Waals surface area contributed by atoms with E-state index in [1.807, 2.05) is 6.92 Å². The van der Waals surface area contributed by atoms with Gasteiger partial charge in [-0.05, 0) is 37.8 Å². The fourth-order valence-electron chi connectivity index (χ4n) is 2.30. The summed E-state index contributed by atoms with van der Waals surface area (Å²) in [5.74, 6) is 0.615. The van der Waals surface area contributed by atoms with E-state index in [1.165, 1.54) is 11.1 Å². The number of hydrogen-bond acceptors (Lipinski definition) is 3. The largest absolute Gasteiger partial charge is 0.382 e. The van der Waals surface area contributed by atoms with Crippen LogP contribution in [0.1, 0.15) is 44.4 Å². The molecule has 0 spiro atoms. The van der Waals surface area contributed by atoms with Gasteiger partial charge in [-0.25, -0.2) is 4.99 Å². The van der Waals surface area contributed by atoms with Crippen molar-refractivity contribution in [3.63, 3.8) is 0 Å². The van der Waals surface area contributed by atoms with Crippen LogP contribution < -0.4 is 10.6 Å². The lowest BCUT2D eigenvalue weighted by Gasteiger charge is -2.19. The van der Waals surface area contributed by atoms with Crippen LogP contribution in [0.2, 0.25) is 0 Å². The average Bonchev–Trinajstić information content (AvgIpc) is 2.65. The van der Waals surface area contributed by atoms with Gasteiger partial charge in [-0.15, -0.1) is 0 Å². The molecule has 0 fully saturated rings. The summed E-state index contributed by atoms with van der Waals surface area (Å²) in [5, 5.41) is 6.67. The summed E-state index contributed by atoms with van der Waals surface area (Å²) in [7, 11) is 3.47. The molecule has 0 aliphatic carbocycles. The van der Waals surface area contributed by atoms with E-state index in [-0.39, 0.29) is 18.5 Å². The van der Waals surface area contributed by atoms with E-state index in [4.69, 9.17) is 4.74 Å². The number of guanidine groups is 1. The number of aryl methyl sites for hydroxylation is 1. The van der Waals surface area contributed by atoms with E-state index in [0.717, 1.165) is 26.0 Å². The third kappa shape index (κ3) is 8.34. The smallest absolute Gasteiger partial charge is 0.243 e. The Morgan fingerprint density at radius 3 is 2.50 bits per heavy atom. The van der Waals surface area contributed by atoms with E-state index in [2.05, 4.69) is 53.7 Å². The van der Waals surface area contributed by atoms with Crippen LogP contribution in [0.15, 0.2) is 29.3 Å². The van der Waals surface area contributed by atoms with E-state index in [0.29, 0.717) is 12.6 Å². The van der Waals surface area contributed by atoms with E-state index in [1.54, 1.807) is 19.0 Å². The highest BCUT2D eigenvalue weighted by Crippen LogP contribution is 2.13. The van der Waals surface area contributed by atoms with Gasteiger partial charge in [-0.2, -0.15) is 0 Å². The number of ether oxygens (including phenoxy) is 1. The van der Waals surface area contributed by atoms with Gasteiger partial charge < -0.3 is 20.3 Å². The molecule has 0 bridgehead atoms. The lowest BCUT2D eigenvalue weighted by molar-refractivity contribution is -0.127. The molecule has 0 saturated heterocycles. The topological polar surface area (TPSA) is 66.0 Å². The van der Waals surface area contributed by atoms with Crippen LogP contribution in [0.25, 0.3) is 0 Å². The van der Waals surface area contributed by atoms with Gasteiger partial charge in [0.2, 0.25) is 5.91 Å². The molecule has 1 atom stereocenters. The van der Waals surface area contributed by atoms with Gasteiger partial charge in [0.25, 0.3) is 0 Å². The van der Waals surface area contributed by atoms with Gasteiger partial charge in [0.05, 0.1) is 6.04 Å². The van der Waals surface area contributed by atoms with Crippen LogP contribution in [-0.4, -0.2) is 57.2 Å². The molecule has 0 aromatic heterocycles. The van der Waals surface area contributed by atoms with Gasteiger partial charge in [-0.1, -0.05) is 31.2 Å². The van der Waals surface area contributed by atoms with Crippen molar-refractivity contribution in [3.05, 3.63) is 35.4 Å². The Kier molecular flexibility index (Phi) is 10.4. The number of aliphatic imine (C=N–C) groups is 1. The Balaban J connectivity index is 2.68. The van der Waals surface area contributed by atoms with Gasteiger partial charge in [0.15, 0.2) is 5.96 Å². The Labute approximate surface area is 158 Å².